The van der Waals surface area contributed by atoms with Crippen LogP contribution in [0.5, 0.6) is 11.5 Å². The molecular weight excluding hydrogens is 416 g/mol. The molecule has 34 heavy (non-hydrogen) atoms. The zero-order chi connectivity index (χ0) is 22.5. The first-order valence-electron chi connectivity index (χ1n) is 12.0. The Morgan fingerprint density at radius 2 is 0.824 bits per heavy atom. The van der Waals surface area contributed by atoms with Gasteiger partial charge >= 0.3 is 0 Å². The van der Waals surface area contributed by atoms with Crippen LogP contribution in [0.1, 0.15) is 12.8 Å². The summed E-state index contributed by atoms with van der Waals surface area (Å²) in [6.45, 7) is 1.39. The van der Waals surface area contributed by atoms with E-state index in [1.165, 1.54) is 43.1 Å². The monoisotopic (exact) mass is 440 g/mol. The standard InChI is InChI=1S/C32H24O2/c1-3-9-23-19-27-25(17-21(23)7-1)11-13-29-31(27)32-28-20-24-10-4-2-8-22(24)18-26(28)12-14-30(32)34-16-6-5-15-33-29/h1-4,7-14,17-20H,5-6,15-16H2. The van der Waals surface area contributed by atoms with Gasteiger partial charge in [-0.1, -0.05) is 60.7 Å². The maximum atomic E-state index is 6.42. The quantitative estimate of drug-likeness (QED) is 0.220. The van der Waals surface area contributed by atoms with E-state index in [1.54, 1.807) is 0 Å². The normalized spacial score (nSPS) is 13.9. The first-order chi connectivity index (χ1) is 16.8. The van der Waals surface area contributed by atoms with Crippen LogP contribution in [0, 0.1) is 0 Å². The molecule has 0 radical (unpaired) electrons. The van der Waals surface area contributed by atoms with Crippen LogP contribution < -0.4 is 9.47 Å². The molecule has 6 aromatic carbocycles. The highest BCUT2D eigenvalue weighted by molar-refractivity contribution is 6.14. The number of rotatable bonds is 0. The Labute approximate surface area is 198 Å². The van der Waals surface area contributed by atoms with Crippen molar-refractivity contribution in [2.24, 2.45) is 0 Å². The number of ether oxygens (including phenoxy) is 2. The van der Waals surface area contributed by atoms with Crippen molar-refractivity contribution in [1.82, 2.24) is 0 Å². The third-order valence-electron chi connectivity index (χ3n) is 7.00. The lowest BCUT2D eigenvalue weighted by Gasteiger charge is -2.22. The van der Waals surface area contributed by atoms with Crippen molar-refractivity contribution in [3.63, 3.8) is 0 Å². The molecule has 0 aromatic heterocycles. The SMILES string of the molecule is c1ccc2cc3c4c(ccc3cc2c1)OCCCCOc1ccc2cc3ccccc3cc2c1-4. The fraction of sp³-hybridized carbons (Fsp3) is 0.125. The van der Waals surface area contributed by atoms with E-state index in [1.807, 2.05) is 0 Å². The number of benzene rings is 6. The van der Waals surface area contributed by atoms with Gasteiger partial charge in [-0.15, -0.1) is 0 Å². The van der Waals surface area contributed by atoms with E-state index in [-0.39, 0.29) is 0 Å². The van der Waals surface area contributed by atoms with Crippen LogP contribution in [0.25, 0.3) is 54.2 Å². The third-order valence-corrected chi connectivity index (χ3v) is 7.00. The molecule has 0 amide bonds. The summed E-state index contributed by atoms with van der Waals surface area (Å²) in [7, 11) is 0. The fourth-order valence-corrected chi connectivity index (χ4v) is 5.31. The lowest BCUT2D eigenvalue weighted by atomic mass is 9.90. The summed E-state index contributed by atoms with van der Waals surface area (Å²) in [6, 6.07) is 34.9. The topological polar surface area (TPSA) is 18.5 Å². The van der Waals surface area contributed by atoms with Crippen molar-refractivity contribution < 1.29 is 9.47 Å². The minimum atomic E-state index is 0.693. The molecule has 1 aliphatic rings. The van der Waals surface area contributed by atoms with Gasteiger partial charge in [0.25, 0.3) is 0 Å². The second kappa shape index (κ2) is 7.78. The van der Waals surface area contributed by atoms with Crippen LogP contribution in [0.4, 0.5) is 0 Å². The highest BCUT2D eigenvalue weighted by Gasteiger charge is 2.20. The van der Waals surface area contributed by atoms with Gasteiger partial charge in [0.15, 0.2) is 0 Å². The summed E-state index contributed by atoms with van der Waals surface area (Å²) < 4.78 is 12.8. The summed E-state index contributed by atoms with van der Waals surface area (Å²) in [4.78, 5) is 0. The Kier molecular flexibility index (Phi) is 4.44. The molecule has 0 atom stereocenters. The van der Waals surface area contributed by atoms with Gasteiger partial charge in [0.2, 0.25) is 0 Å². The summed E-state index contributed by atoms with van der Waals surface area (Å²) in [5.41, 5.74) is 2.25. The largest absolute Gasteiger partial charge is 0.493 e. The van der Waals surface area contributed by atoms with E-state index in [0.29, 0.717) is 13.2 Å². The Balaban J connectivity index is 1.65. The van der Waals surface area contributed by atoms with Crippen molar-refractivity contribution in [2.45, 2.75) is 12.8 Å². The number of hydrogen-bond acceptors (Lipinski definition) is 2. The molecule has 0 bridgehead atoms. The van der Waals surface area contributed by atoms with Gasteiger partial charge in [0.1, 0.15) is 11.5 Å². The molecule has 0 spiro atoms. The van der Waals surface area contributed by atoms with Gasteiger partial charge in [0, 0.05) is 11.1 Å². The molecule has 0 saturated carbocycles. The average Bonchev–Trinajstić information content (AvgIpc) is 2.88. The summed E-state index contributed by atoms with van der Waals surface area (Å²) in [5, 5.41) is 9.77. The highest BCUT2D eigenvalue weighted by atomic mass is 16.5. The molecule has 0 aliphatic carbocycles. The second-order valence-electron chi connectivity index (χ2n) is 9.12. The highest BCUT2D eigenvalue weighted by Crippen LogP contribution is 2.47. The van der Waals surface area contributed by atoms with Gasteiger partial charge in [-0.05, 0) is 92.3 Å². The summed E-state index contributed by atoms with van der Waals surface area (Å²) in [5.74, 6) is 1.85. The molecule has 164 valence electrons. The predicted molar refractivity (Wildman–Crippen MR) is 142 cm³/mol. The Morgan fingerprint density at radius 3 is 1.26 bits per heavy atom. The van der Waals surface area contributed by atoms with Crippen molar-refractivity contribution in [1.29, 1.82) is 0 Å². The van der Waals surface area contributed by atoms with Crippen LogP contribution in [0.2, 0.25) is 0 Å². The molecule has 7 rings (SSSR count). The van der Waals surface area contributed by atoms with E-state index in [2.05, 4.69) is 97.1 Å². The Morgan fingerprint density at radius 1 is 0.412 bits per heavy atom. The van der Waals surface area contributed by atoms with Crippen molar-refractivity contribution in [2.75, 3.05) is 13.2 Å². The predicted octanol–water partition coefficient (Wildman–Crippen LogP) is 8.52. The van der Waals surface area contributed by atoms with Gasteiger partial charge in [0.05, 0.1) is 13.2 Å². The summed E-state index contributed by atoms with van der Waals surface area (Å²) in [6.07, 6.45) is 1.95. The van der Waals surface area contributed by atoms with Crippen LogP contribution in [0.15, 0.2) is 97.1 Å². The molecule has 1 heterocycles. The van der Waals surface area contributed by atoms with Crippen LogP contribution in [-0.4, -0.2) is 13.2 Å². The van der Waals surface area contributed by atoms with Crippen LogP contribution in [0.3, 0.4) is 0 Å². The lowest BCUT2D eigenvalue weighted by molar-refractivity contribution is 0.264. The van der Waals surface area contributed by atoms with Crippen molar-refractivity contribution in [3.05, 3.63) is 97.1 Å². The van der Waals surface area contributed by atoms with Crippen molar-refractivity contribution in [3.8, 4) is 22.6 Å². The zero-order valence-corrected chi connectivity index (χ0v) is 18.9. The van der Waals surface area contributed by atoms with E-state index in [4.69, 9.17) is 9.47 Å². The molecule has 0 N–H and O–H groups in total. The molecule has 0 fully saturated rings. The molecule has 0 unspecified atom stereocenters. The fourth-order valence-electron chi connectivity index (χ4n) is 5.31. The van der Waals surface area contributed by atoms with E-state index < -0.39 is 0 Å². The Bertz CT molecular complexity index is 1590. The van der Waals surface area contributed by atoms with E-state index >= 15 is 0 Å². The number of fused-ring (bicyclic) bond motifs is 9. The lowest BCUT2D eigenvalue weighted by Crippen LogP contribution is -2.07. The van der Waals surface area contributed by atoms with Crippen LogP contribution >= 0.6 is 0 Å². The zero-order valence-electron chi connectivity index (χ0n) is 18.9. The van der Waals surface area contributed by atoms with Gasteiger partial charge in [-0.25, -0.2) is 0 Å². The van der Waals surface area contributed by atoms with Gasteiger partial charge < -0.3 is 9.47 Å². The molecular formula is C32H24O2. The molecule has 6 aromatic rings. The number of hydrogen-bond donors (Lipinski definition) is 0. The smallest absolute Gasteiger partial charge is 0.127 e. The maximum Gasteiger partial charge on any atom is 0.127 e. The minimum Gasteiger partial charge on any atom is -0.493 e. The molecule has 2 heteroatoms. The maximum absolute atomic E-state index is 6.42. The van der Waals surface area contributed by atoms with Crippen molar-refractivity contribution >= 4 is 43.1 Å². The minimum absolute atomic E-state index is 0.693. The van der Waals surface area contributed by atoms with Crippen LogP contribution in [-0.2, 0) is 0 Å². The molecule has 2 nitrogen and oxygen atoms in total. The Hall–Kier alpha value is -4.04. The van der Waals surface area contributed by atoms with E-state index in [9.17, 15) is 0 Å². The third kappa shape index (κ3) is 3.10. The first kappa shape index (κ1) is 19.4. The average molecular weight is 441 g/mol. The van der Waals surface area contributed by atoms with Gasteiger partial charge in [-0.2, -0.15) is 0 Å². The molecule has 0 saturated heterocycles. The molecule has 1 aliphatic heterocycles. The summed E-state index contributed by atoms with van der Waals surface area (Å²) >= 11 is 0. The second-order valence-corrected chi connectivity index (χ2v) is 9.12. The first-order valence-corrected chi connectivity index (χ1v) is 12.0. The van der Waals surface area contributed by atoms with Gasteiger partial charge in [-0.3, -0.25) is 0 Å². The van der Waals surface area contributed by atoms with E-state index in [0.717, 1.165) is 35.5 Å².